The average Bonchev–Trinajstić information content (AvgIpc) is 3.17. The van der Waals surface area contributed by atoms with Crippen molar-refractivity contribution in [2.75, 3.05) is 0 Å². The first-order chi connectivity index (χ1) is 12.1. The molecule has 25 heavy (non-hydrogen) atoms. The van der Waals surface area contributed by atoms with Crippen LogP contribution in [-0.2, 0) is 6.42 Å². The molecule has 2 atom stereocenters. The second-order valence-electron chi connectivity index (χ2n) is 5.84. The Morgan fingerprint density at radius 2 is 1.96 bits per heavy atom. The Hall–Kier alpha value is -2.99. The van der Waals surface area contributed by atoms with E-state index in [0.29, 0.717) is 17.8 Å². The Labute approximate surface area is 146 Å². The van der Waals surface area contributed by atoms with Crippen LogP contribution in [0.15, 0.2) is 67.1 Å². The van der Waals surface area contributed by atoms with Crippen LogP contribution in [0, 0.1) is 0 Å². The van der Waals surface area contributed by atoms with Gasteiger partial charge in [-0.3, -0.25) is 4.79 Å². The lowest BCUT2D eigenvalue weighted by Crippen LogP contribution is -2.42. The maximum absolute atomic E-state index is 12.6. The molecule has 0 spiro atoms. The van der Waals surface area contributed by atoms with Gasteiger partial charge in [0.1, 0.15) is 0 Å². The summed E-state index contributed by atoms with van der Waals surface area (Å²) in [5, 5.41) is 17.3. The van der Waals surface area contributed by atoms with Gasteiger partial charge < -0.3 is 10.4 Å². The minimum atomic E-state index is -0.684. The third-order valence-electron chi connectivity index (χ3n) is 3.98. The fraction of sp³-hybridized carbons (Fsp3) is 0.211. The molecule has 0 saturated heterocycles. The lowest BCUT2D eigenvalue weighted by molar-refractivity contribution is 0.0851. The summed E-state index contributed by atoms with van der Waals surface area (Å²) in [4.78, 5) is 16.9. The van der Waals surface area contributed by atoms with Crippen LogP contribution in [0.4, 0.5) is 0 Å². The van der Waals surface area contributed by atoms with Crippen molar-refractivity contribution in [1.29, 1.82) is 0 Å². The number of benzene rings is 1. The molecule has 0 aliphatic carbocycles. The van der Waals surface area contributed by atoms with Crippen molar-refractivity contribution in [3.63, 3.8) is 0 Å². The van der Waals surface area contributed by atoms with Gasteiger partial charge in [0.2, 0.25) is 0 Å². The monoisotopic (exact) mass is 336 g/mol. The van der Waals surface area contributed by atoms with Crippen LogP contribution in [0.5, 0.6) is 0 Å². The Balaban J connectivity index is 1.70. The van der Waals surface area contributed by atoms with E-state index in [0.717, 1.165) is 5.56 Å². The van der Waals surface area contributed by atoms with Crippen LogP contribution in [-0.4, -0.2) is 37.9 Å². The molecule has 0 fully saturated rings. The zero-order valence-electron chi connectivity index (χ0n) is 13.9. The minimum absolute atomic E-state index is 0.293. The largest absolute Gasteiger partial charge is 0.391 e. The topological polar surface area (TPSA) is 80.0 Å². The molecule has 1 aromatic carbocycles. The van der Waals surface area contributed by atoms with Crippen LogP contribution in [0.3, 0.4) is 0 Å². The number of aliphatic hydroxyl groups excluding tert-OH is 1. The van der Waals surface area contributed by atoms with Crippen molar-refractivity contribution in [2.45, 2.75) is 25.5 Å². The second-order valence-corrected chi connectivity index (χ2v) is 5.84. The molecular formula is C19H20N4O2. The second kappa shape index (κ2) is 7.72. The molecule has 6 nitrogen and oxygen atoms in total. The number of hydrogen-bond acceptors (Lipinski definition) is 4. The Morgan fingerprint density at radius 3 is 2.68 bits per heavy atom. The smallest absolute Gasteiger partial charge is 0.255 e. The quantitative estimate of drug-likeness (QED) is 0.721. The van der Waals surface area contributed by atoms with Gasteiger partial charge >= 0.3 is 0 Å². The number of nitrogens with zero attached hydrogens (tertiary/aromatic N) is 3. The van der Waals surface area contributed by atoms with Gasteiger partial charge in [-0.1, -0.05) is 30.3 Å². The van der Waals surface area contributed by atoms with E-state index in [1.54, 1.807) is 48.4 Å². The standard InChI is InChI=1S/C19H20N4O2/c1-14(17(24)13-15-7-3-2-4-8-15)22-19(25)16-9-5-10-20-18(16)23-12-6-11-21-23/h2-12,14,17,24H,13H2,1H3,(H,22,25). The Kier molecular flexibility index (Phi) is 5.20. The molecule has 0 radical (unpaired) electrons. The predicted molar refractivity (Wildman–Crippen MR) is 94.4 cm³/mol. The summed E-state index contributed by atoms with van der Waals surface area (Å²) in [5.41, 5.74) is 1.43. The number of pyridine rings is 1. The van der Waals surface area contributed by atoms with Crippen LogP contribution >= 0.6 is 0 Å². The zero-order chi connectivity index (χ0) is 17.6. The van der Waals surface area contributed by atoms with Crippen LogP contribution in [0.2, 0.25) is 0 Å². The molecule has 6 heteroatoms. The van der Waals surface area contributed by atoms with Gasteiger partial charge in [-0.05, 0) is 30.7 Å². The SMILES string of the molecule is CC(NC(=O)c1cccnc1-n1cccn1)C(O)Cc1ccccc1. The Bertz CT molecular complexity index is 818. The lowest BCUT2D eigenvalue weighted by atomic mass is 10.0. The predicted octanol–water partition coefficient (Wildman–Crippen LogP) is 1.99. The molecular weight excluding hydrogens is 316 g/mol. The summed E-state index contributed by atoms with van der Waals surface area (Å²) in [6.07, 6.45) is 4.76. The lowest BCUT2D eigenvalue weighted by Gasteiger charge is -2.21. The number of aromatic nitrogens is 3. The third kappa shape index (κ3) is 4.10. The highest BCUT2D eigenvalue weighted by Crippen LogP contribution is 2.12. The third-order valence-corrected chi connectivity index (χ3v) is 3.98. The van der Waals surface area contributed by atoms with E-state index in [9.17, 15) is 9.90 Å². The van der Waals surface area contributed by atoms with Crippen molar-refractivity contribution in [3.05, 3.63) is 78.2 Å². The summed E-state index contributed by atoms with van der Waals surface area (Å²) < 4.78 is 1.54. The van der Waals surface area contributed by atoms with Crippen LogP contribution in [0.1, 0.15) is 22.8 Å². The highest BCUT2D eigenvalue weighted by atomic mass is 16.3. The summed E-state index contributed by atoms with van der Waals surface area (Å²) in [7, 11) is 0. The van der Waals surface area contributed by atoms with Crippen molar-refractivity contribution in [2.24, 2.45) is 0 Å². The fourth-order valence-corrected chi connectivity index (χ4v) is 2.56. The molecule has 2 aromatic heterocycles. The van der Waals surface area contributed by atoms with Gasteiger partial charge in [0, 0.05) is 25.0 Å². The first-order valence-electron chi connectivity index (χ1n) is 8.13. The molecule has 2 unspecified atom stereocenters. The van der Waals surface area contributed by atoms with E-state index in [2.05, 4.69) is 15.4 Å². The Morgan fingerprint density at radius 1 is 1.16 bits per heavy atom. The van der Waals surface area contributed by atoms with E-state index in [-0.39, 0.29) is 5.91 Å². The normalized spacial score (nSPS) is 13.2. The van der Waals surface area contributed by atoms with E-state index >= 15 is 0 Å². The summed E-state index contributed by atoms with van der Waals surface area (Å²) in [5.74, 6) is 0.160. The maximum atomic E-state index is 12.6. The van der Waals surface area contributed by atoms with Crippen molar-refractivity contribution in [3.8, 4) is 5.82 Å². The van der Waals surface area contributed by atoms with Crippen molar-refractivity contribution in [1.82, 2.24) is 20.1 Å². The van der Waals surface area contributed by atoms with Crippen LogP contribution < -0.4 is 5.32 Å². The minimum Gasteiger partial charge on any atom is -0.391 e. The molecule has 2 N–H and O–H groups in total. The first-order valence-corrected chi connectivity index (χ1v) is 8.13. The summed E-state index contributed by atoms with van der Waals surface area (Å²) in [6, 6.07) is 14.4. The van der Waals surface area contributed by atoms with Gasteiger partial charge in [0.25, 0.3) is 5.91 Å². The van der Waals surface area contributed by atoms with Gasteiger partial charge in [0.15, 0.2) is 5.82 Å². The van der Waals surface area contributed by atoms with Crippen molar-refractivity contribution < 1.29 is 9.90 Å². The molecule has 128 valence electrons. The first kappa shape index (κ1) is 16.9. The molecule has 0 saturated carbocycles. The number of carbonyl (C=O) groups is 1. The number of nitrogens with one attached hydrogen (secondary N) is 1. The zero-order valence-corrected chi connectivity index (χ0v) is 13.9. The molecule has 1 amide bonds. The highest BCUT2D eigenvalue weighted by Gasteiger charge is 2.20. The molecule has 3 aromatic rings. The maximum Gasteiger partial charge on any atom is 0.255 e. The number of hydrogen-bond donors (Lipinski definition) is 2. The molecule has 0 aliphatic heterocycles. The van der Waals surface area contributed by atoms with Crippen molar-refractivity contribution >= 4 is 5.91 Å². The molecule has 2 heterocycles. The molecule has 0 bridgehead atoms. The van der Waals surface area contributed by atoms with Gasteiger partial charge in [-0.2, -0.15) is 5.10 Å². The summed E-state index contributed by atoms with van der Waals surface area (Å²) in [6.45, 7) is 1.79. The highest BCUT2D eigenvalue weighted by molar-refractivity contribution is 5.97. The number of rotatable bonds is 6. The van der Waals surface area contributed by atoms with Gasteiger partial charge in [0.05, 0.1) is 17.7 Å². The fourth-order valence-electron chi connectivity index (χ4n) is 2.56. The van der Waals surface area contributed by atoms with E-state index < -0.39 is 12.1 Å². The van der Waals surface area contributed by atoms with E-state index in [4.69, 9.17) is 0 Å². The van der Waals surface area contributed by atoms with Crippen LogP contribution in [0.25, 0.3) is 5.82 Å². The average molecular weight is 336 g/mol. The van der Waals surface area contributed by atoms with Gasteiger partial charge in [-0.15, -0.1) is 0 Å². The number of carbonyl (C=O) groups excluding carboxylic acids is 1. The van der Waals surface area contributed by atoms with Gasteiger partial charge in [-0.25, -0.2) is 9.67 Å². The summed E-state index contributed by atoms with van der Waals surface area (Å²) >= 11 is 0. The number of amides is 1. The molecule has 0 aliphatic rings. The van der Waals surface area contributed by atoms with E-state index in [1.807, 2.05) is 30.3 Å². The number of aliphatic hydroxyl groups is 1. The van der Waals surface area contributed by atoms with E-state index in [1.165, 1.54) is 0 Å². The molecule has 3 rings (SSSR count).